The lowest BCUT2D eigenvalue weighted by Gasteiger charge is -2.32. The first kappa shape index (κ1) is 21.0. The Kier molecular flexibility index (Phi) is 5.67. The minimum absolute atomic E-state index is 0.0409. The minimum atomic E-state index is -1.72. The maximum absolute atomic E-state index is 14.5. The van der Waals surface area contributed by atoms with Crippen LogP contribution in [0.4, 0.5) is 25.8 Å². The molecule has 0 saturated carbocycles. The van der Waals surface area contributed by atoms with Crippen molar-refractivity contribution in [3.63, 3.8) is 0 Å². The fourth-order valence-electron chi connectivity index (χ4n) is 2.91. The highest BCUT2D eigenvalue weighted by Gasteiger charge is 2.31. The van der Waals surface area contributed by atoms with Crippen molar-refractivity contribution in [1.82, 2.24) is 13.9 Å². The summed E-state index contributed by atoms with van der Waals surface area (Å²) in [5.74, 6) is -0.681. The number of hydrogen-bond donors (Lipinski definition) is 2. The third-order valence-corrected chi connectivity index (χ3v) is 6.56. The van der Waals surface area contributed by atoms with Crippen LogP contribution in [-0.4, -0.2) is 37.3 Å². The van der Waals surface area contributed by atoms with Crippen LogP contribution in [0.1, 0.15) is 0 Å². The molecular weight excluding hydrogens is 459 g/mol. The number of rotatable bonds is 5. The molecule has 30 heavy (non-hydrogen) atoms. The van der Waals surface area contributed by atoms with E-state index in [1.54, 1.807) is 19.2 Å². The molecule has 1 aliphatic rings. The van der Waals surface area contributed by atoms with Crippen LogP contribution in [0, 0.1) is 5.82 Å². The molecule has 158 valence electrons. The van der Waals surface area contributed by atoms with E-state index in [1.165, 1.54) is 21.3 Å². The van der Waals surface area contributed by atoms with E-state index in [0.29, 0.717) is 5.52 Å². The van der Waals surface area contributed by atoms with Crippen molar-refractivity contribution in [1.29, 1.82) is 0 Å². The van der Waals surface area contributed by atoms with Gasteiger partial charge in [-0.05, 0) is 24.3 Å². The second-order valence-electron chi connectivity index (χ2n) is 6.69. The Balaban J connectivity index is 1.68. The van der Waals surface area contributed by atoms with Crippen molar-refractivity contribution in [2.75, 3.05) is 23.1 Å². The zero-order valence-corrected chi connectivity index (χ0v) is 17.8. The summed E-state index contributed by atoms with van der Waals surface area (Å²) in [6.07, 6.45) is 0.359. The minimum Gasteiger partial charge on any atom is -0.351 e. The van der Waals surface area contributed by atoms with E-state index >= 15 is 0 Å². The van der Waals surface area contributed by atoms with Crippen LogP contribution < -0.4 is 15.6 Å². The number of nitrogens with one attached hydrogen (secondary N) is 2. The van der Waals surface area contributed by atoms with E-state index in [1.807, 2.05) is 0 Å². The summed E-state index contributed by atoms with van der Waals surface area (Å²) in [6.45, 7) is 0.0818. The monoisotopic (exact) mass is 473 g/mol. The van der Waals surface area contributed by atoms with Gasteiger partial charge in [-0.2, -0.15) is 0 Å². The highest BCUT2D eigenvalue weighted by molar-refractivity contribution is 7.84. The highest BCUT2D eigenvalue weighted by Crippen LogP contribution is 2.38. The Labute approximate surface area is 182 Å². The van der Waals surface area contributed by atoms with E-state index in [2.05, 4.69) is 15.0 Å². The Morgan fingerprint density at radius 2 is 1.87 bits per heavy atom. The number of hydrogen-bond acceptors (Lipinski definition) is 4. The molecule has 0 spiro atoms. The predicted octanol–water partition coefficient (Wildman–Crippen LogP) is 3.77. The average molecular weight is 474 g/mol. The molecule has 0 radical (unpaired) electrons. The molecule has 4 rings (SSSR count). The van der Waals surface area contributed by atoms with Gasteiger partial charge in [0.05, 0.1) is 44.3 Å². The van der Waals surface area contributed by atoms with Crippen LogP contribution >= 0.6 is 23.2 Å². The van der Waals surface area contributed by atoms with Crippen LogP contribution in [0.2, 0.25) is 10.0 Å². The SMILES string of the molecule is Cn1cnc2ccc(Nc3c(F)ccc(NS(=O)N4CC(F)C4)c3Cl)c(Cl)c2c1=O. The van der Waals surface area contributed by atoms with Gasteiger partial charge >= 0.3 is 0 Å². The number of anilines is 3. The number of halogens is 4. The number of alkyl halides is 1. The lowest BCUT2D eigenvalue weighted by Crippen LogP contribution is -2.50. The quantitative estimate of drug-likeness (QED) is 0.591. The third kappa shape index (κ3) is 3.76. The first-order valence-corrected chi connectivity index (χ1v) is 10.6. The number of aryl methyl sites for hydroxylation is 1. The van der Waals surface area contributed by atoms with Crippen molar-refractivity contribution in [3.05, 3.63) is 56.8 Å². The topological polar surface area (TPSA) is 79.3 Å². The van der Waals surface area contributed by atoms with Crippen molar-refractivity contribution >= 4 is 62.3 Å². The number of benzene rings is 2. The lowest BCUT2D eigenvalue weighted by molar-refractivity contribution is 0.148. The van der Waals surface area contributed by atoms with Crippen LogP contribution in [0.3, 0.4) is 0 Å². The van der Waals surface area contributed by atoms with E-state index < -0.39 is 23.2 Å². The van der Waals surface area contributed by atoms with Gasteiger partial charge in [-0.15, -0.1) is 0 Å². The molecule has 1 unspecified atom stereocenters. The Morgan fingerprint density at radius 1 is 1.17 bits per heavy atom. The van der Waals surface area contributed by atoms with Crippen molar-refractivity contribution in [3.8, 4) is 0 Å². The summed E-state index contributed by atoms with van der Waals surface area (Å²) in [5, 5.41) is 2.97. The van der Waals surface area contributed by atoms with E-state index in [9.17, 15) is 17.8 Å². The molecule has 2 heterocycles. The molecular formula is C18H15Cl2F2N5O2S. The molecule has 1 aliphatic heterocycles. The summed E-state index contributed by atoms with van der Waals surface area (Å²) in [4.78, 5) is 16.6. The molecule has 1 fully saturated rings. The van der Waals surface area contributed by atoms with Gasteiger partial charge in [0.25, 0.3) is 5.56 Å². The summed E-state index contributed by atoms with van der Waals surface area (Å²) in [7, 11) is 1.54. The van der Waals surface area contributed by atoms with Crippen molar-refractivity contribution in [2.45, 2.75) is 6.17 Å². The molecule has 12 heteroatoms. The van der Waals surface area contributed by atoms with Gasteiger partial charge in [0.2, 0.25) is 0 Å². The summed E-state index contributed by atoms with van der Waals surface area (Å²) in [5.41, 5.74) is 0.359. The standard InChI is InChI=1S/C18H15Cl2F2N5O2S/c1-26-8-23-11-4-5-12(15(19)14(11)18(26)28)24-17-10(22)2-3-13(16(17)20)25-30(29)27-6-9(21)7-27/h2-5,8-9,24-25H,6-7H2,1H3. The second-order valence-corrected chi connectivity index (χ2v) is 8.66. The highest BCUT2D eigenvalue weighted by atomic mass is 35.5. The summed E-state index contributed by atoms with van der Waals surface area (Å²) >= 11 is 11.0. The van der Waals surface area contributed by atoms with E-state index in [4.69, 9.17) is 23.2 Å². The molecule has 1 aromatic heterocycles. The largest absolute Gasteiger partial charge is 0.351 e. The van der Waals surface area contributed by atoms with Crippen LogP contribution in [-0.2, 0) is 18.2 Å². The van der Waals surface area contributed by atoms with Gasteiger partial charge in [0.1, 0.15) is 12.0 Å². The number of aromatic nitrogens is 2. The number of nitrogens with zero attached hydrogens (tertiary/aromatic N) is 3. The zero-order valence-electron chi connectivity index (χ0n) is 15.5. The molecule has 2 N–H and O–H groups in total. The van der Waals surface area contributed by atoms with Gasteiger partial charge in [-0.3, -0.25) is 9.52 Å². The number of fused-ring (bicyclic) bond motifs is 1. The maximum atomic E-state index is 14.5. The van der Waals surface area contributed by atoms with E-state index in [0.717, 1.165) is 6.07 Å². The second kappa shape index (κ2) is 8.10. The molecule has 0 bridgehead atoms. The van der Waals surface area contributed by atoms with Gasteiger partial charge in [0.15, 0.2) is 11.2 Å². The Bertz CT molecular complexity index is 1230. The third-order valence-electron chi connectivity index (χ3n) is 4.61. The zero-order chi connectivity index (χ0) is 21.6. The first-order chi connectivity index (χ1) is 14.3. The molecule has 1 atom stereocenters. The fourth-order valence-corrected chi connectivity index (χ4v) is 4.59. The molecule has 1 saturated heterocycles. The van der Waals surface area contributed by atoms with Crippen molar-refractivity contribution in [2.24, 2.45) is 7.05 Å². The van der Waals surface area contributed by atoms with Gasteiger partial charge in [0, 0.05) is 20.1 Å². The smallest absolute Gasteiger partial charge is 0.262 e. The van der Waals surface area contributed by atoms with Crippen molar-refractivity contribution < 1.29 is 13.0 Å². The van der Waals surface area contributed by atoms with Gasteiger partial charge < -0.3 is 9.88 Å². The molecule has 0 aliphatic carbocycles. The normalized spacial score (nSPS) is 15.8. The Hall–Kier alpha value is -2.27. The average Bonchev–Trinajstić information content (AvgIpc) is 2.69. The summed E-state index contributed by atoms with van der Waals surface area (Å²) in [6, 6.07) is 5.59. The van der Waals surface area contributed by atoms with Gasteiger partial charge in [-0.1, -0.05) is 23.2 Å². The molecule has 0 amide bonds. The predicted molar refractivity (Wildman–Crippen MR) is 115 cm³/mol. The van der Waals surface area contributed by atoms with E-state index in [-0.39, 0.29) is 51.1 Å². The summed E-state index contributed by atoms with van der Waals surface area (Å²) < 4.78 is 45.0. The first-order valence-electron chi connectivity index (χ1n) is 8.72. The molecule has 2 aromatic carbocycles. The molecule has 7 nitrogen and oxygen atoms in total. The maximum Gasteiger partial charge on any atom is 0.262 e. The lowest BCUT2D eigenvalue weighted by atomic mass is 10.2. The van der Waals surface area contributed by atoms with Gasteiger partial charge in [-0.25, -0.2) is 22.3 Å². The van der Waals surface area contributed by atoms with Crippen LogP contribution in [0.15, 0.2) is 35.4 Å². The van der Waals surface area contributed by atoms with Crippen LogP contribution in [0.5, 0.6) is 0 Å². The Morgan fingerprint density at radius 3 is 2.57 bits per heavy atom. The fraction of sp³-hybridized carbons (Fsp3) is 0.222. The molecule has 3 aromatic rings. The van der Waals surface area contributed by atoms with Crippen LogP contribution in [0.25, 0.3) is 10.9 Å².